The monoisotopic (exact) mass is 445 g/mol. The largest absolute Gasteiger partial charge is 0.440 e. The number of nitrogens with one attached hydrogen (secondary N) is 2. The Balaban J connectivity index is 1.94. The van der Waals surface area contributed by atoms with E-state index in [0.29, 0.717) is 10.5 Å². The lowest BCUT2D eigenvalue weighted by molar-refractivity contribution is -0.200. The van der Waals surface area contributed by atoms with E-state index < -0.39 is 36.2 Å². The maximum Gasteiger partial charge on any atom is 0.440 e. The number of rotatable bonds is 4. The average Bonchev–Trinajstić information content (AvgIpc) is 2.87. The topological polar surface area (TPSA) is 78.5 Å². The van der Waals surface area contributed by atoms with Crippen LogP contribution in [-0.4, -0.2) is 34.6 Å². The number of nitrogens with zero attached hydrogens (tertiary/aromatic N) is 1. The molecular formula is C18H12Cl2F3N3O3. The van der Waals surface area contributed by atoms with Gasteiger partial charge in [0.2, 0.25) is 0 Å². The number of carbonyl (C=O) groups excluding carboxylic acids is 3. The Morgan fingerprint density at radius 3 is 2.34 bits per heavy atom. The molecule has 1 aliphatic rings. The van der Waals surface area contributed by atoms with Crippen LogP contribution in [0.15, 0.2) is 48.5 Å². The van der Waals surface area contributed by atoms with E-state index in [-0.39, 0.29) is 15.6 Å². The first-order valence-corrected chi connectivity index (χ1v) is 8.83. The van der Waals surface area contributed by atoms with Gasteiger partial charge < -0.3 is 5.32 Å². The standard InChI is InChI=1S/C18H12Cl2F3N3O3/c19-11-6-7-12(13(20)8-11)14(27)24-17(18(21,22)23)15(28)26(16(29)25-17)9-10-4-2-1-3-5-10/h1-8H,9H2,(H,24,27)(H,25,29). The van der Waals surface area contributed by atoms with Crippen molar-refractivity contribution in [3.05, 3.63) is 69.7 Å². The number of hydrogen-bond acceptors (Lipinski definition) is 3. The lowest BCUT2D eigenvalue weighted by atomic mass is 10.1. The highest BCUT2D eigenvalue weighted by atomic mass is 35.5. The molecule has 2 N–H and O–H groups in total. The third-order valence-corrected chi connectivity index (χ3v) is 4.74. The zero-order valence-corrected chi connectivity index (χ0v) is 15.9. The van der Waals surface area contributed by atoms with Crippen LogP contribution in [0.2, 0.25) is 10.0 Å². The Labute approximate surface area is 172 Å². The predicted molar refractivity (Wildman–Crippen MR) is 98.2 cm³/mol. The number of urea groups is 1. The first-order chi connectivity index (χ1) is 13.5. The summed E-state index contributed by atoms with van der Waals surface area (Å²) < 4.78 is 41.6. The fourth-order valence-electron chi connectivity index (χ4n) is 2.74. The van der Waals surface area contributed by atoms with E-state index in [2.05, 4.69) is 0 Å². The van der Waals surface area contributed by atoms with E-state index in [1.807, 2.05) is 0 Å². The van der Waals surface area contributed by atoms with Gasteiger partial charge in [-0.2, -0.15) is 13.2 Å². The van der Waals surface area contributed by atoms with Gasteiger partial charge in [0.1, 0.15) is 0 Å². The van der Waals surface area contributed by atoms with Crippen LogP contribution in [0, 0.1) is 0 Å². The molecule has 1 unspecified atom stereocenters. The molecule has 4 amide bonds. The smallest absolute Gasteiger partial charge is 0.314 e. The summed E-state index contributed by atoms with van der Waals surface area (Å²) in [5, 5.41) is 3.11. The fourth-order valence-corrected chi connectivity index (χ4v) is 3.24. The van der Waals surface area contributed by atoms with Crippen molar-refractivity contribution in [2.75, 3.05) is 0 Å². The van der Waals surface area contributed by atoms with Gasteiger partial charge in [0.25, 0.3) is 17.5 Å². The number of imide groups is 1. The van der Waals surface area contributed by atoms with Gasteiger partial charge >= 0.3 is 12.2 Å². The van der Waals surface area contributed by atoms with E-state index in [9.17, 15) is 27.6 Å². The lowest BCUT2D eigenvalue weighted by Crippen LogP contribution is -2.69. The van der Waals surface area contributed by atoms with E-state index in [0.717, 1.165) is 12.1 Å². The van der Waals surface area contributed by atoms with Gasteiger partial charge in [-0.1, -0.05) is 53.5 Å². The molecule has 29 heavy (non-hydrogen) atoms. The molecule has 1 saturated heterocycles. The van der Waals surface area contributed by atoms with Crippen molar-refractivity contribution in [3.63, 3.8) is 0 Å². The first kappa shape index (κ1) is 20.9. The fraction of sp³-hybridized carbons (Fsp3) is 0.167. The van der Waals surface area contributed by atoms with Crippen LogP contribution >= 0.6 is 23.2 Å². The quantitative estimate of drug-likeness (QED) is 0.703. The van der Waals surface area contributed by atoms with Gasteiger partial charge in [-0.05, 0) is 23.8 Å². The number of alkyl halides is 3. The SMILES string of the molecule is O=C(NC1(C(F)(F)F)NC(=O)N(Cc2ccccc2)C1=O)c1ccc(Cl)cc1Cl. The van der Waals surface area contributed by atoms with Crippen molar-refractivity contribution in [1.82, 2.24) is 15.5 Å². The third kappa shape index (κ3) is 3.88. The second-order valence-corrected chi connectivity index (χ2v) is 6.98. The summed E-state index contributed by atoms with van der Waals surface area (Å²) in [4.78, 5) is 37.7. The Morgan fingerprint density at radius 2 is 1.76 bits per heavy atom. The van der Waals surface area contributed by atoms with Crippen LogP contribution in [0.25, 0.3) is 0 Å². The minimum absolute atomic E-state index is 0.163. The summed E-state index contributed by atoms with van der Waals surface area (Å²) >= 11 is 11.6. The number of amides is 4. The van der Waals surface area contributed by atoms with E-state index in [1.54, 1.807) is 41.0 Å². The molecule has 0 saturated carbocycles. The summed E-state index contributed by atoms with van der Waals surface area (Å²) in [6.45, 7) is -0.402. The van der Waals surface area contributed by atoms with E-state index in [1.165, 1.54) is 6.07 Å². The molecule has 152 valence electrons. The number of carbonyl (C=O) groups is 3. The lowest BCUT2D eigenvalue weighted by Gasteiger charge is -2.30. The van der Waals surface area contributed by atoms with Crippen LogP contribution in [-0.2, 0) is 11.3 Å². The maximum atomic E-state index is 13.9. The van der Waals surface area contributed by atoms with Gasteiger partial charge in [0.15, 0.2) is 0 Å². The summed E-state index contributed by atoms with van der Waals surface area (Å²) in [6, 6.07) is 10.2. The number of halogens is 5. The van der Waals surface area contributed by atoms with E-state index in [4.69, 9.17) is 23.2 Å². The highest BCUT2D eigenvalue weighted by Crippen LogP contribution is 2.35. The molecule has 0 bridgehead atoms. The molecule has 0 aromatic heterocycles. The van der Waals surface area contributed by atoms with Crippen molar-refractivity contribution in [2.45, 2.75) is 18.4 Å². The molecule has 6 nitrogen and oxygen atoms in total. The van der Waals surface area contributed by atoms with E-state index >= 15 is 0 Å². The Kier molecular flexibility index (Phi) is 5.46. The molecule has 1 heterocycles. The van der Waals surface area contributed by atoms with Gasteiger partial charge in [-0.25, -0.2) is 4.79 Å². The van der Waals surface area contributed by atoms with Gasteiger partial charge in [-0.15, -0.1) is 0 Å². The van der Waals surface area contributed by atoms with Crippen LogP contribution in [0.1, 0.15) is 15.9 Å². The summed E-state index contributed by atoms with van der Waals surface area (Å²) in [5.74, 6) is -2.96. The summed E-state index contributed by atoms with van der Waals surface area (Å²) in [5.41, 5.74) is -3.54. The molecule has 3 rings (SSSR count). The number of benzene rings is 2. The first-order valence-electron chi connectivity index (χ1n) is 8.07. The van der Waals surface area contributed by atoms with Gasteiger partial charge in [0, 0.05) is 5.02 Å². The molecule has 0 spiro atoms. The second kappa shape index (κ2) is 7.57. The molecule has 11 heteroatoms. The van der Waals surface area contributed by atoms with Crippen molar-refractivity contribution in [3.8, 4) is 0 Å². The molecule has 2 aromatic carbocycles. The second-order valence-electron chi connectivity index (χ2n) is 6.13. The van der Waals surface area contributed by atoms with Crippen LogP contribution in [0.4, 0.5) is 18.0 Å². The molecule has 0 radical (unpaired) electrons. The predicted octanol–water partition coefficient (Wildman–Crippen LogP) is 3.73. The zero-order chi connectivity index (χ0) is 21.4. The van der Waals surface area contributed by atoms with Crippen molar-refractivity contribution < 1.29 is 27.6 Å². The minimum atomic E-state index is -5.32. The van der Waals surface area contributed by atoms with Gasteiger partial charge in [-0.3, -0.25) is 19.8 Å². The molecule has 2 aromatic rings. The Hall–Kier alpha value is -2.78. The van der Waals surface area contributed by atoms with Crippen LogP contribution < -0.4 is 10.6 Å². The molecule has 1 aliphatic heterocycles. The molecule has 1 atom stereocenters. The van der Waals surface area contributed by atoms with Crippen LogP contribution in [0.5, 0.6) is 0 Å². The van der Waals surface area contributed by atoms with Crippen molar-refractivity contribution in [2.24, 2.45) is 0 Å². The maximum absolute atomic E-state index is 13.9. The Morgan fingerprint density at radius 1 is 1.10 bits per heavy atom. The third-order valence-electron chi connectivity index (χ3n) is 4.19. The summed E-state index contributed by atoms with van der Waals surface area (Å²) in [7, 11) is 0. The molecular weight excluding hydrogens is 434 g/mol. The highest BCUT2D eigenvalue weighted by molar-refractivity contribution is 6.36. The van der Waals surface area contributed by atoms with Crippen molar-refractivity contribution >= 4 is 41.0 Å². The Bertz CT molecular complexity index is 985. The normalized spacial score (nSPS) is 19.3. The summed E-state index contributed by atoms with van der Waals surface area (Å²) in [6.07, 6.45) is -5.32. The van der Waals surface area contributed by atoms with Gasteiger partial charge in [0.05, 0.1) is 17.1 Å². The molecule has 1 fully saturated rings. The zero-order valence-electron chi connectivity index (χ0n) is 14.4. The van der Waals surface area contributed by atoms with Crippen LogP contribution in [0.3, 0.4) is 0 Å². The average molecular weight is 446 g/mol. The number of hydrogen-bond donors (Lipinski definition) is 2. The van der Waals surface area contributed by atoms with Crippen molar-refractivity contribution in [1.29, 1.82) is 0 Å². The molecule has 0 aliphatic carbocycles. The highest BCUT2D eigenvalue weighted by Gasteiger charge is 2.68. The minimum Gasteiger partial charge on any atom is -0.314 e.